The van der Waals surface area contributed by atoms with E-state index in [0.29, 0.717) is 0 Å². The Bertz CT molecular complexity index is 1810. The topological polar surface area (TPSA) is 24.7 Å². The lowest BCUT2D eigenvalue weighted by atomic mass is 9.91. The zero-order valence-electron chi connectivity index (χ0n) is 24.6. The van der Waals surface area contributed by atoms with Crippen LogP contribution >= 0.6 is 23.5 Å². The van der Waals surface area contributed by atoms with Crippen molar-refractivity contribution in [1.82, 2.24) is 0 Å². The van der Waals surface area contributed by atoms with Crippen LogP contribution in [0.15, 0.2) is 163 Å². The molecule has 0 bridgehead atoms. The highest BCUT2D eigenvalue weighted by Crippen LogP contribution is 2.36. The summed E-state index contributed by atoms with van der Waals surface area (Å²) in [7, 11) is 0. The molecule has 44 heavy (non-hydrogen) atoms. The Morgan fingerprint density at radius 1 is 0.432 bits per heavy atom. The average molecular weight is 607 g/mol. The van der Waals surface area contributed by atoms with E-state index in [2.05, 4.69) is 146 Å². The minimum absolute atomic E-state index is 0.188. The van der Waals surface area contributed by atoms with Crippen molar-refractivity contribution in [1.29, 1.82) is 0 Å². The predicted molar refractivity (Wildman–Crippen MR) is 190 cm³/mol. The highest BCUT2D eigenvalue weighted by molar-refractivity contribution is 8.00. The molecule has 1 saturated carbocycles. The molecule has 1 fully saturated rings. The summed E-state index contributed by atoms with van der Waals surface area (Å²) >= 11 is 3.64. The first-order valence-electron chi connectivity index (χ1n) is 15.4. The summed E-state index contributed by atoms with van der Waals surface area (Å²) < 4.78 is 0. The second-order valence-corrected chi connectivity index (χ2v) is 13.4. The van der Waals surface area contributed by atoms with Crippen LogP contribution in [0, 0.1) is 0 Å². The highest BCUT2D eigenvalue weighted by Gasteiger charge is 2.23. The summed E-state index contributed by atoms with van der Waals surface area (Å²) in [4.78, 5) is 15.3. The van der Waals surface area contributed by atoms with E-state index in [1.54, 1.807) is 0 Å². The summed E-state index contributed by atoms with van der Waals surface area (Å²) in [5.41, 5.74) is 2.33. The lowest BCUT2D eigenvalue weighted by Gasteiger charge is -2.25. The normalized spacial score (nSPS) is 17.2. The first-order chi connectivity index (χ1) is 21.8. The van der Waals surface area contributed by atoms with Crippen LogP contribution in [0.5, 0.6) is 0 Å². The van der Waals surface area contributed by atoms with Gasteiger partial charge in [0.1, 0.15) is 0 Å². The van der Waals surface area contributed by atoms with E-state index < -0.39 is 0 Å². The van der Waals surface area contributed by atoms with Gasteiger partial charge in [0.05, 0.1) is 12.1 Å². The summed E-state index contributed by atoms with van der Waals surface area (Å²) in [6.45, 7) is 0. The van der Waals surface area contributed by atoms with Gasteiger partial charge < -0.3 is 0 Å². The third kappa shape index (κ3) is 6.52. The van der Waals surface area contributed by atoms with Crippen LogP contribution in [0.1, 0.15) is 36.8 Å². The Balaban J connectivity index is 1.11. The van der Waals surface area contributed by atoms with Crippen LogP contribution < -0.4 is 0 Å². The molecule has 2 nitrogen and oxygen atoms in total. The SMILES string of the molecule is C(=NC1CCCCC1N=Cc1ccccc1Sc1cccc2ccccc12)c1ccccc1Sc1cccc2ccccc12. The van der Waals surface area contributed by atoms with Crippen LogP contribution in [0.3, 0.4) is 0 Å². The molecule has 216 valence electrons. The number of rotatable bonds is 8. The molecular formula is C40H34N2S2. The molecule has 7 rings (SSSR count). The molecule has 0 aliphatic heterocycles. The lowest BCUT2D eigenvalue weighted by Crippen LogP contribution is -2.27. The largest absolute Gasteiger partial charge is 0.287 e. The van der Waals surface area contributed by atoms with E-state index in [9.17, 15) is 0 Å². The lowest BCUT2D eigenvalue weighted by molar-refractivity contribution is 0.390. The fourth-order valence-electron chi connectivity index (χ4n) is 5.96. The molecule has 6 aromatic rings. The van der Waals surface area contributed by atoms with Gasteiger partial charge in [0.25, 0.3) is 0 Å². The van der Waals surface area contributed by atoms with Gasteiger partial charge in [-0.15, -0.1) is 0 Å². The standard InChI is InChI=1S/C40H34N2S2/c1-5-19-33-29(13-1)17-11-25-39(33)43-37-23-9-3-15-31(37)27-41-35-21-7-8-22-36(35)42-28-32-16-4-10-24-38(32)44-40-26-12-18-30-14-2-6-20-34(30)40/h1-6,9-20,23-28,35-36H,7-8,21-22H2. The molecule has 2 unspecified atom stereocenters. The van der Waals surface area contributed by atoms with E-state index in [1.807, 2.05) is 23.5 Å². The van der Waals surface area contributed by atoms with Gasteiger partial charge >= 0.3 is 0 Å². The van der Waals surface area contributed by atoms with Crippen molar-refractivity contribution in [3.8, 4) is 0 Å². The summed E-state index contributed by atoms with van der Waals surface area (Å²) in [6.07, 6.45) is 8.74. The molecule has 0 aromatic heterocycles. The maximum absolute atomic E-state index is 5.18. The number of hydrogen-bond acceptors (Lipinski definition) is 4. The smallest absolute Gasteiger partial charge is 0.0723 e. The van der Waals surface area contributed by atoms with E-state index in [1.165, 1.54) is 54.0 Å². The molecule has 4 heteroatoms. The molecule has 0 saturated heterocycles. The van der Waals surface area contributed by atoms with Crippen molar-refractivity contribution < 1.29 is 0 Å². The molecule has 0 heterocycles. The number of hydrogen-bond donors (Lipinski definition) is 0. The Kier molecular flexibility index (Phi) is 8.90. The van der Waals surface area contributed by atoms with Gasteiger partial charge in [0, 0.05) is 43.1 Å². The zero-order chi connectivity index (χ0) is 29.6. The minimum atomic E-state index is 0.188. The molecular weight excluding hydrogens is 573 g/mol. The first-order valence-corrected chi connectivity index (χ1v) is 17.0. The van der Waals surface area contributed by atoms with E-state index in [-0.39, 0.29) is 12.1 Å². The van der Waals surface area contributed by atoms with Crippen molar-refractivity contribution in [3.63, 3.8) is 0 Å². The fraction of sp³-hybridized carbons (Fsp3) is 0.150. The van der Waals surface area contributed by atoms with E-state index >= 15 is 0 Å². The molecule has 0 radical (unpaired) electrons. The molecule has 0 amide bonds. The van der Waals surface area contributed by atoms with Gasteiger partial charge in [-0.1, -0.05) is 146 Å². The molecule has 1 aliphatic carbocycles. The highest BCUT2D eigenvalue weighted by atomic mass is 32.2. The van der Waals surface area contributed by atoms with Crippen LogP contribution in [-0.2, 0) is 0 Å². The average Bonchev–Trinajstić information content (AvgIpc) is 3.08. The van der Waals surface area contributed by atoms with Gasteiger partial charge in [-0.25, -0.2) is 0 Å². The summed E-state index contributed by atoms with van der Waals surface area (Å²) in [5, 5.41) is 5.10. The fourth-order valence-corrected chi connectivity index (χ4v) is 8.09. The molecule has 1 aliphatic rings. The van der Waals surface area contributed by atoms with Crippen molar-refractivity contribution in [2.75, 3.05) is 0 Å². The van der Waals surface area contributed by atoms with Gasteiger partial charge in [0.2, 0.25) is 0 Å². The number of nitrogens with zero attached hydrogens (tertiary/aromatic N) is 2. The number of benzene rings is 6. The zero-order valence-corrected chi connectivity index (χ0v) is 26.2. The Labute approximate surface area is 268 Å². The van der Waals surface area contributed by atoms with Gasteiger partial charge in [0.15, 0.2) is 0 Å². The van der Waals surface area contributed by atoms with Crippen LogP contribution in [-0.4, -0.2) is 24.5 Å². The van der Waals surface area contributed by atoms with Crippen molar-refractivity contribution in [2.45, 2.75) is 57.3 Å². The predicted octanol–water partition coefficient (Wildman–Crippen LogP) is 11.1. The van der Waals surface area contributed by atoms with Crippen molar-refractivity contribution in [3.05, 3.63) is 145 Å². The van der Waals surface area contributed by atoms with Crippen LogP contribution in [0.2, 0.25) is 0 Å². The molecule has 0 spiro atoms. The summed E-state index contributed by atoms with van der Waals surface area (Å²) in [5.74, 6) is 0. The Hall–Kier alpha value is -4.12. The Morgan fingerprint density at radius 2 is 0.818 bits per heavy atom. The van der Waals surface area contributed by atoms with Gasteiger partial charge in [-0.05, 0) is 58.7 Å². The van der Waals surface area contributed by atoms with Crippen LogP contribution in [0.4, 0.5) is 0 Å². The quantitative estimate of drug-likeness (QED) is 0.161. The number of fused-ring (bicyclic) bond motifs is 2. The maximum Gasteiger partial charge on any atom is 0.0723 e. The second kappa shape index (κ2) is 13.7. The Morgan fingerprint density at radius 3 is 1.32 bits per heavy atom. The van der Waals surface area contributed by atoms with Gasteiger partial charge in [-0.2, -0.15) is 0 Å². The monoisotopic (exact) mass is 606 g/mol. The van der Waals surface area contributed by atoms with E-state index in [4.69, 9.17) is 9.98 Å². The summed E-state index contributed by atoms with van der Waals surface area (Å²) in [6, 6.07) is 47.9. The van der Waals surface area contributed by atoms with Crippen LogP contribution in [0.25, 0.3) is 21.5 Å². The van der Waals surface area contributed by atoms with Crippen molar-refractivity contribution in [2.24, 2.45) is 9.98 Å². The molecule has 0 N–H and O–H groups in total. The third-order valence-corrected chi connectivity index (χ3v) is 10.6. The molecule has 6 aromatic carbocycles. The number of aliphatic imine (C=N–C) groups is 2. The first kappa shape index (κ1) is 28.6. The second-order valence-electron chi connectivity index (χ2n) is 11.2. The third-order valence-electron chi connectivity index (χ3n) is 8.28. The molecule has 2 atom stereocenters. The van der Waals surface area contributed by atoms with Crippen molar-refractivity contribution >= 4 is 57.5 Å². The minimum Gasteiger partial charge on any atom is -0.287 e. The van der Waals surface area contributed by atoms with Gasteiger partial charge in [-0.3, -0.25) is 9.98 Å². The van der Waals surface area contributed by atoms with E-state index in [0.717, 1.165) is 24.0 Å². The maximum atomic E-state index is 5.18.